The van der Waals surface area contributed by atoms with Gasteiger partial charge in [-0.05, 0) is 14.1 Å². The smallest absolute Gasteiger partial charge is 0.351 e. The van der Waals surface area contributed by atoms with E-state index in [0.717, 1.165) is 4.90 Å². The molecule has 0 rings (SSSR count). The Labute approximate surface area is 47.3 Å². The normalized spacial score (nSPS) is 14.0. The van der Waals surface area contributed by atoms with E-state index in [1.807, 2.05) is 0 Å². The van der Waals surface area contributed by atoms with Gasteiger partial charge in [-0.25, -0.2) is 9.90 Å². The largest absolute Gasteiger partial charge is 0.478 e. The summed E-state index contributed by atoms with van der Waals surface area (Å²) in [5, 5.41) is 18.3. The zero-order valence-electron chi connectivity index (χ0n) is 4.79. The second-order valence-corrected chi connectivity index (χ2v) is 1.65. The van der Waals surface area contributed by atoms with Crippen molar-refractivity contribution in [1.82, 2.24) is 4.90 Å². The van der Waals surface area contributed by atoms with Gasteiger partial charge in [-0.15, -0.1) is 0 Å². The minimum atomic E-state index is -1.63. The number of carbonyl (C=O) groups is 1. The van der Waals surface area contributed by atoms with Gasteiger partial charge >= 0.3 is 5.97 Å². The van der Waals surface area contributed by atoms with E-state index in [2.05, 4.69) is 0 Å². The van der Waals surface area contributed by atoms with Gasteiger partial charge in [0.15, 0.2) is 0 Å². The molecule has 0 heterocycles. The molecule has 1 atom stereocenters. The molecule has 4 heteroatoms. The summed E-state index contributed by atoms with van der Waals surface area (Å²) in [6.07, 6.45) is -1.63. The number of likely N-dealkylation sites (N-methyl/N-ethyl adjacent to an activating group) is 1. The second-order valence-electron chi connectivity index (χ2n) is 1.65. The van der Waals surface area contributed by atoms with E-state index < -0.39 is 12.2 Å². The molecule has 0 aromatic heterocycles. The summed E-state index contributed by atoms with van der Waals surface area (Å²) in [6.45, 7) is 0. The minimum absolute atomic E-state index is 1.09. The van der Waals surface area contributed by atoms with Crippen LogP contribution < -0.4 is 0 Å². The lowest BCUT2D eigenvalue weighted by molar-refractivity contribution is -0.161. The van der Waals surface area contributed by atoms with Crippen molar-refractivity contribution in [3.8, 4) is 0 Å². The fourth-order valence-electron chi connectivity index (χ4n) is 0.221. The SMILES string of the molecule is CN(C)C([O])C(=O)O. The minimum Gasteiger partial charge on any atom is -0.478 e. The number of hydrogen-bond acceptors (Lipinski definition) is 2. The van der Waals surface area contributed by atoms with Gasteiger partial charge < -0.3 is 5.11 Å². The summed E-state index contributed by atoms with van der Waals surface area (Å²) in [6, 6.07) is 0. The van der Waals surface area contributed by atoms with Crippen LogP contribution in [0.5, 0.6) is 0 Å². The molecule has 1 N–H and O–H groups in total. The number of carboxylic acids is 1. The second kappa shape index (κ2) is 2.64. The zero-order valence-corrected chi connectivity index (χ0v) is 4.79. The zero-order chi connectivity index (χ0) is 6.73. The lowest BCUT2D eigenvalue weighted by Gasteiger charge is -2.09. The lowest BCUT2D eigenvalue weighted by atomic mass is 10.5. The first-order chi connectivity index (χ1) is 3.55. The Morgan fingerprint density at radius 3 is 2.00 bits per heavy atom. The number of carboxylic acid groups (broad SMARTS) is 1. The average molecular weight is 118 g/mol. The van der Waals surface area contributed by atoms with Crippen molar-refractivity contribution in [3.63, 3.8) is 0 Å². The topological polar surface area (TPSA) is 60.4 Å². The van der Waals surface area contributed by atoms with Crippen LogP contribution in [0.1, 0.15) is 0 Å². The van der Waals surface area contributed by atoms with E-state index in [9.17, 15) is 9.90 Å². The molecular weight excluding hydrogens is 110 g/mol. The number of nitrogens with zero attached hydrogens (tertiary/aromatic N) is 1. The Balaban J connectivity index is 3.64. The Kier molecular flexibility index (Phi) is 2.44. The quantitative estimate of drug-likeness (QED) is 0.492. The fourth-order valence-corrected chi connectivity index (χ4v) is 0.221. The molecule has 0 aromatic rings. The third-order valence-corrected chi connectivity index (χ3v) is 0.680. The molecule has 1 radical (unpaired) electrons. The molecule has 47 valence electrons. The third-order valence-electron chi connectivity index (χ3n) is 0.680. The highest BCUT2D eigenvalue weighted by Crippen LogP contribution is 1.85. The van der Waals surface area contributed by atoms with E-state index in [1.165, 1.54) is 14.1 Å². The van der Waals surface area contributed by atoms with Crippen LogP contribution in [0.2, 0.25) is 0 Å². The van der Waals surface area contributed by atoms with Gasteiger partial charge in [-0.1, -0.05) is 0 Å². The summed E-state index contributed by atoms with van der Waals surface area (Å²) in [5.41, 5.74) is 0. The van der Waals surface area contributed by atoms with Crippen LogP contribution in [0.4, 0.5) is 0 Å². The van der Waals surface area contributed by atoms with Crippen LogP contribution in [0.15, 0.2) is 0 Å². The van der Waals surface area contributed by atoms with E-state index in [0.29, 0.717) is 0 Å². The highest BCUT2D eigenvalue weighted by molar-refractivity contribution is 5.71. The maximum Gasteiger partial charge on any atom is 0.351 e. The standard InChI is InChI=1S/C4H8NO3/c1-5(2)3(6)4(7)8/h3H,1-2H3,(H,7,8). The Hall–Kier alpha value is -0.610. The number of rotatable bonds is 2. The molecule has 0 saturated carbocycles. The summed E-state index contributed by atoms with van der Waals surface area (Å²) < 4.78 is 0. The van der Waals surface area contributed by atoms with Crippen molar-refractivity contribution < 1.29 is 15.0 Å². The predicted molar refractivity (Wildman–Crippen MR) is 25.8 cm³/mol. The summed E-state index contributed by atoms with van der Waals surface area (Å²) in [7, 11) is 2.84. The number of aliphatic carboxylic acids is 1. The van der Waals surface area contributed by atoms with E-state index in [4.69, 9.17) is 5.11 Å². The molecule has 4 nitrogen and oxygen atoms in total. The molecule has 0 bridgehead atoms. The Bertz CT molecular complexity index is 91.3. The van der Waals surface area contributed by atoms with Crippen LogP contribution >= 0.6 is 0 Å². The first kappa shape index (κ1) is 7.39. The lowest BCUT2D eigenvalue weighted by Crippen LogP contribution is -2.33. The van der Waals surface area contributed by atoms with Crippen LogP contribution in [0, 0.1) is 0 Å². The predicted octanol–water partition coefficient (Wildman–Crippen LogP) is -0.611. The average Bonchev–Trinajstić information content (AvgIpc) is 1.64. The first-order valence-electron chi connectivity index (χ1n) is 2.10. The van der Waals surface area contributed by atoms with Crippen molar-refractivity contribution in [3.05, 3.63) is 0 Å². The van der Waals surface area contributed by atoms with Crippen molar-refractivity contribution in [2.24, 2.45) is 0 Å². The third kappa shape index (κ3) is 1.90. The molecule has 0 aromatic carbocycles. The van der Waals surface area contributed by atoms with E-state index in [1.54, 1.807) is 0 Å². The molecule has 8 heavy (non-hydrogen) atoms. The molecule has 0 aliphatic rings. The molecule has 0 spiro atoms. The summed E-state index contributed by atoms with van der Waals surface area (Å²) >= 11 is 0. The molecular formula is C4H8NO3. The van der Waals surface area contributed by atoms with Crippen molar-refractivity contribution in [2.45, 2.75) is 6.23 Å². The maximum absolute atomic E-state index is 10.3. The van der Waals surface area contributed by atoms with Crippen LogP contribution in [-0.2, 0) is 9.90 Å². The van der Waals surface area contributed by atoms with Gasteiger partial charge in [-0.3, -0.25) is 4.90 Å². The number of hydrogen-bond donors (Lipinski definition) is 1. The molecule has 1 unspecified atom stereocenters. The Morgan fingerprint density at radius 1 is 1.62 bits per heavy atom. The first-order valence-corrected chi connectivity index (χ1v) is 2.10. The van der Waals surface area contributed by atoms with Gasteiger partial charge in [-0.2, -0.15) is 0 Å². The molecule has 0 saturated heterocycles. The molecule has 0 aliphatic heterocycles. The maximum atomic E-state index is 10.3. The van der Waals surface area contributed by atoms with Gasteiger partial charge in [0.05, 0.1) is 0 Å². The van der Waals surface area contributed by atoms with Gasteiger partial charge in [0.1, 0.15) is 0 Å². The fraction of sp³-hybridized carbons (Fsp3) is 0.750. The summed E-state index contributed by atoms with van der Waals surface area (Å²) in [4.78, 5) is 10.9. The highest BCUT2D eigenvalue weighted by Gasteiger charge is 2.16. The van der Waals surface area contributed by atoms with Crippen LogP contribution in [-0.4, -0.2) is 36.3 Å². The molecule has 0 fully saturated rings. The van der Waals surface area contributed by atoms with E-state index in [-0.39, 0.29) is 0 Å². The van der Waals surface area contributed by atoms with Crippen molar-refractivity contribution in [2.75, 3.05) is 14.1 Å². The summed E-state index contributed by atoms with van der Waals surface area (Å²) in [5.74, 6) is -1.34. The van der Waals surface area contributed by atoms with E-state index >= 15 is 0 Å². The van der Waals surface area contributed by atoms with Gasteiger partial charge in [0.2, 0.25) is 6.23 Å². The van der Waals surface area contributed by atoms with Crippen LogP contribution in [0.3, 0.4) is 0 Å². The van der Waals surface area contributed by atoms with Crippen molar-refractivity contribution in [1.29, 1.82) is 0 Å². The molecule has 0 aliphatic carbocycles. The molecule has 0 amide bonds. The van der Waals surface area contributed by atoms with Gasteiger partial charge in [0, 0.05) is 0 Å². The van der Waals surface area contributed by atoms with Crippen LogP contribution in [0.25, 0.3) is 0 Å². The van der Waals surface area contributed by atoms with Gasteiger partial charge in [0.25, 0.3) is 0 Å². The van der Waals surface area contributed by atoms with Crippen molar-refractivity contribution >= 4 is 5.97 Å². The monoisotopic (exact) mass is 118 g/mol. The Morgan fingerprint density at radius 2 is 2.00 bits per heavy atom. The highest BCUT2D eigenvalue weighted by atomic mass is 16.4.